The summed E-state index contributed by atoms with van der Waals surface area (Å²) in [7, 11) is -9.90. The minimum absolute atomic E-state index is 0.103. The smallest absolute Gasteiger partial charge is 0.462 e. The van der Waals surface area contributed by atoms with Gasteiger partial charge in [-0.3, -0.25) is 37.3 Å². The first-order valence-corrected chi connectivity index (χ1v) is 37.7. The Hall–Kier alpha value is -1.94. The van der Waals surface area contributed by atoms with E-state index in [-0.39, 0.29) is 25.7 Å². The van der Waals surface area contributed by atoms with Crippen molar-refractivity contribution in [2.45, 2.75) is 343 Å². The number of carbonyl (C=O) groups is 4. The fourth-order valence-electron chi connectivity index (χ4n) is 9.96. The van der Waals surface area contributed by atoms with Gasteiger partial charge in [-0.1, -0.05) is 274 Å². The van der Waals surface area contributed by atoms with Crippen LogP contribution in [0.15, 0.2) is 0 Å². The van der Waals surface area contributed by atoms with Gasteiger partial charge in [0.2, 0.25) is 0 Å². The minimum atomic E-state index is -4.95. The van der Waals surface area contributed by atoms with Crippen LogP contribution < -0.4 is 0 Å². The van der Waals surface area contributed by atoms with Crippen molar-refractivity contribution in [1.29, 1.82) is 0 Å². The highest BCUT2D eigenvalue weighted by Gasteiger charge is 2.30. The maximum atomic E-state index is 13.0. The SMILES string of the molecule is CC(C)CCCCCCCCCCCCCC(=O)OC[C@H](COP(=O)(O)OCC(O)COP(=O)(O)OC[C@@H](COC(=O)CCCCCCCCCCC(C)C)OC(=O)CCCCCCCCCCC(C)C)OC(=O)CCCCCCCCCC(C)C. The molecule has 0 radical (unpaired) electrons. The summed E-state index contributed by atoms with van der Waals surface area (Å²) in [5.41, 5.74) is 0. The summed E-state index contributed by atoms with van der Waals surface area (Å²) in [4.78, 5) is 72.4. The molecule has 0 aromatic rings. The van der Waals surface area contributed by atoms with Crippen molar-refractivity contribution >= 4 is 39.5 Å². The predicted octanol–water partition coefficient (Wildman–Crippen LogP) is 18.5. The largest absolute Gasteiger partial charge is 0.472 e. The predicted molar refractivity (Wildman–Crippen MR) is 344 cm³/mol. The summed E-state index contributed by atoms with van der Waals surface area (Å²) in [5, 5.41) is 10.6. The molecule has 19 heteroatoms. The molecule has 510 valence electrons. The van der Waals surface area contributed by atoms with E-state index >= 15 is 0 Å². The lowest BCUT2D eigenvalue weighted by Gasteiger charge is -2.21. The maximum absolute atomic E-state index is 13.0. The van der Waals surface area contributed by atoms with Gasteiger partial charge >= 0.3 is 39.5 Å². The Morgan fingerprint density at radius 3 is 0.721 bits per heavy atom. The number of phosphoric ester groups is 2. The molecule has 0 bridgehead atoms. The molecular weight excluding hydrogens is 1140 g/mol. The quantitative estimate of drug-likeness (QED) is 0.0222. The molecule has 0 saturated carbocycles. The fraction of sp³-hybridized carbons (Fsp3) is 0.940. The molecule has 5 atom stereocenters. The lowest BCUT2D eigenvalue weighted by atomic mass is 10.0. The summed E-state index contributed by atoms with van der Waals surface area (Å²) < 4.78 is 68.1. The summed E-state index contributed by atoms with van der Waals surface area (Å²) in [6.07, 6.45) is 37.7. The molecule has 0 saturated heterocycles. The van der Waals surface area contributed by atoms with E-state index < -0.39 is 97.5 Å². The topological polar surface area (TPSA) is 237 Å². The average Bonchev–Trinajstić information content (AvgIpc) is 3.65. The normalized spacial score (nSPS) is 14.4. The van der Waals surface area contributed by atoms with Crippen molar-refractivity contribution in [2.75, 3.05) is 39.6 Å². The zero-order valence-corrected chi connectivity index (χ0v) is 57.7. The third-order valence-corrected chi connectivity index (χ3v) is 17.2. The number of aliphatic hydroxyl groups excluding tert-OH is 1. The maximum Gasteiger partial charge on any atom is 0.472 e. The van der Waals surface area contributed by atoms with E-state index in [0.29, 0.717) is 31.6 Å². The number of rotatable bonds is 64. The average molecular weight is 1270 g/mol. The van der Waals surface area contributed by atoms with Crippen molar-refractivity contribution in [3.8, 4) is 0 Å². The van der Waals surface area contributed by atoms with Gasteiger partial charge in [0.1, 0.15) is 19.3 Å². The number of phosphoric acid groups is 2. The highest BCUT2D eigenvalue weighted by atomic mass is 31.2. The zero-order chi connectivity index (χ0) is 63.9. The molecule has 0 aliphatic heterocycles. The summed E-state index contributed by atoms with van der Waals surface area (Å²) in [6, 6.07) is 0. The van der Waals surface area contributed by atoms with Crippen molar-refractivity contribution in [2.24, 2.45) is 23.7 Å². The van der Waals surface area contributed by atoms with Crippen LogP contribution in [0.2, 0.25) is 0 Å². The van der Waals surface area contributed by atoms with E-state index in [9.17, 15) is 43.2 Å². The molecule has 0 aliphatic carbocycles. The Morgan fingerprint density at radius 1 is 0.291 bits per heavy atom. The van der Waals surface area contributed by atoms with Crippen LogP contribution in [0.25, 0.3) is 0 Å². The Balaban J connectivity index is 5.24. The van der Waals surface area contributed by atoms with Gasteiger partial charge in [0.05, 0.1) is 26.4 Å². The van der Waals surface area contributed by atoms with Gasteiger partial charge in [0.15, 0.2) is 12.2 Å². The monoisotopic (exact) mass is 1270 g/mol. The van der Waals surface area contributed by atoms with Crippen LogP contribution in [0.5, 0.6) is 0 Å². The lowest BCUT2D eigenvalue weighted by molar-refractivity contribution is -0.161. The van der Waals surface area contributed by atoms with E-state index in [2.05, 4.69) is 55.4 Å². The zero-order valence-electron chi connectivity index (χ0n) is 55.9. The minimum Gasteiger partial charge on any atom is -0.462 e. The number of esters is 4. The van der Waals surface area contributed by atoms with Crippen molar-refractivity contribution in [1.82, 2.24) is 0 Å². The Labute approximate surface area is 524 Å². The molecular formula is C67H130O17P2. The third-order valence-electron chi connectivity index (χ3n) is 15.3. The van der Waals surface area contributed by atoms with Crippen LogP contribution in [0.4, 0.5) is 0 Å². The van der Waals surface area contributed by atoms with Crippen LogP contribution >= 0.6 is 15.6 Å². The van der Waals surface area contributed by atoms with Crippen molar-refractivity contribution in [3.05, 3.63) is 0 Å². The summed E-state index contributed by atoms with van der Waals surface area (Å²) in [5.74, 6) is 0.774. The van der Waals surface area contributed by atoms with Crippen molar-refractivity contribution in [3.63, 3.8) is 0 Å². The van der Waals surface area contributed by atoms with Crippen LogP contribution in [0, 0.1) is 23.7 Å². The first kappa shape index (κ1) is 84.1. The second-order valence-electron chi connectivity index (χ2n) is 26.1. The van der Waals surface area contributed by atoms with Gasteiger partial charge in [0, 0.05) is 25.7 Å². The van der Waals surface area contributed by atoms with Gasteiger partial charge in [-0.05, 0) is 49.4 Å². The van der Waals surface area contributed by atoms with Gasteiger partial charge in [-0.25, -0.2) is 9.13 Å². The number of aliphatic hydroxyl groups is 1. The molecule has 3 unspecified atom stereocenters. The Kier molecular flexibility index (Phi) is 55.7. The number of ether oxygens (including phenoxy) is 4. The van der Waals surface area contributed by atoms with Gasteiger partial charge in [-0.2, -0.15) is 0 Å². The number of carbonyl (C=O) groups excluding carboxylic acids is 4. The van der Waals surface area contributed by atoms with Crippen LogP contribution in [0.1, 0.15) is 325 Å². The van der Waals surface area contributed by atoms with E-state index in [0.717, 1.165) is 108 Å². The summed E-state index contributed by atoms with van der Waals surface area (Å²) in [6.45, 7) is 14.0. The number of hydrogen-bond donors (Lipinski definition) is 3. The van der Waals surface area contributed by atoms with Crippen LogP contribution in [-0.2, 0) is 65.4 Å². The molecule has 0 aromatic heterocycles. The van der Waals surface area contributed by atoms with Gasteiger partial charge in [0.25, 0.3) is 0 Å². The molecule has 0 fully saturated rings. The molecule has 0 aromatic carbocycles. The highest BCUT2D eigenvalue weighted by Crippen LogP contribution is 2.45. The van der Waals surface area contributed by atoms with Gasteiger partial charge in [-0.15, -0.1) is 0 Å². The van der Waals surface area contributed by atoms with E-state index in [1.807, 2.05) is 0 Å². The number of unbranched alkanes of at least 4 members (excludes halogenated alkanes) is 30. The van der Waals surface area contributed by atoms with E-state index in [1.165, 1.54) is 128 Å². The molecule has 17 nitrogen and oxygen atoms in total. The van der Waals surface area contributed by atoms with Crippen LogP contribution in [-0.4, -0.2) is 96.7 Å². The Bertz CT molecular complexity index is 1710. The Morgan fingerprint density at radius 2 is 0.488 bits per heavy atom. The third kappa shape index (κ3) is 60.9. The molecule has 0 heterocycles. The van der Waals surface area contributed by atoms with Gasteiger partial charge < -0.3 is 33.8 Å². The standard InChI is InChI=1S/C67H130O17P2/c1-57(2)43-35-27-19-12-10-9-11-13-23-31-39-47-64(69)77-54-63(84-67(72)50-42-34-26-18-22-30-38-46-60(7)8)56-82-86(75,76)80-52-61(68)51-79-85(73,74)81-55-62(83-66(71)49-41-33-25-17-15-21-29-37-45-59(5)6)53-78-65(70)48-40-32-24-16-14-20-28-36-44-58(3)4/h57-63,68H,9-56H2,1-8H3,(H,73,74)(H,75,76)/t61?,62-,63-/m1/s1. The first-order chi connectivity index (χ1) is 41.1. The van der Waals surface area contributed by atoms with E-state index in [4.69, 9.17) is 37.0 Å². The summed E-state index contributed by atoms with van der Waals surface area (Å²) >= 11 is 0. The lowest BCUT2D eigenvalue weighted by Crippen LogP contribution is -2.30. The van der Waals surface area contributed by atoms with E-state index in [1.54, 1.807) is 0 Å². The molecule has 0 amide bonds. The second kappa shape index (κ2) is 57.0. The molecule has 0 aliphatic rings. The molecule has 0 spiro atoms. The molecule has 86 heavy (non-hydrogen) atoms. The molecule has 3 N–H and O–H groups in total. The van der Waals surface area contributed by atoms with Crippen molar-refractivity contribution < 1.29 is 80.2 Å². The highest BCUT2D eigenvalue weighted by molar-refractivity contribution is 7.47. The first-order valence-electron chi connectivity index (χ1n) is 34.7. The molecule has 0 rings (SSSR count). The number of hydrogen-bond acceptors (Lipinski definition) is 15. The van der Waals surface area contributed by atoms with Crippen LogP contribution in [0.3, 0.4) is 0 Å². The second-order valence-corrected chi connectivity index (χ2v) is 29.0. The fourth-order valence-corrected chi connectivity index (χ4v) is 11.5.